The third kappa shape index (κ3) is 2.52. The number of aryl methyl sites for hydroxylation is 1. The second-order valence-electron chi connectivity index (χ2n) is 8.53. The van der Waals surface area contributed by atoms with Gasteiger partial charge in [-0.2, -0.15) is 0 Å². The van der Waals surface area contributed by atoms with Gasteiger partial charge in [-0.05, 0) is 86.1 Å². The van der Waals surface area contributed by atoms with E-state index < -0.39 is 0 Å². The summed E-state index contributed by atoms with van der Waals surface area (Å²) in [6.07, 6.45) is 6.30. The Kier molecular flexibility index (Phi) is 4.21. The van der Waals surface area contributed by atoms with Crippen LogP contribution in [0.5, 0.6) is 5.75 Å². The number of ether oxygens (including phenoxy) is 1. The van der Waals surface area contributed by atoms with Crippen LogP contribution in [0, 0.1) is 17.3 Å². The van der Waals surface area contributed by atoms with E-state index in [2.05, 4.69) is 43.8 Å². The van der Waals surface area contributed by atoms with E-state index in [0.29, 0.717) is 11.8 Å². The minimum Gasteiger partial charge on any atom is -0.497 e. The van der Waals surface area contributed by atoms with Gasteiger partial charge in [0.15, 0.2) is 0 Å². The fraction of sp³-hybridized carbons (Fsp3) is 0.522. The number of fused-ring (bicyclic) bond motifs is 4. The molecule has 1 N–H and O–H groups in total. The van der Waals surface area contributed by atoms with Crippen molar-refractivity contribution in [3.63, 3.8) is 0 Å². The van der Waals surface area contributed by atoms with Gasteiger partial charge in [-0.1, -0.05) is 35.9 Å². The van der Waals surface area contributed by atoms with Crippen molar-refractivity contribution in [1.82, 2.24) is 0 Å². The molecular weight excluding hydrogens is 322 g/mol. The van der Waals surface area contributed by atoms with E-state index in [0.717, 1.165) is 50.0 Å². The first-order valence-corrected chi connectivity index (χ1v) is 9.74. The highest BCUT2D eigenvalue weighted by Crippen LogP contribution is 2.57. The van der Waals surface area contributed by atoms with Crippen LogP contribution in [0.15, 0.2) is 41.1 Å². The second-order valence-corrected chi connectivity index (χ2v) is 8.53. The third-order valence-electron chi connectivity index (χ3n) is 7.21. The van der Waals surface area contributed by atoms with Crippen LogP contribution < -0.4 is 4.74 Å². The van der Waals surface area contributed by atoms with E-state index in [9.17, 15) is 5.21 Å². The Morgan fingerprint density at radius 1 is 1.31 bits per heavy atom. The maximum Gasteiger partial charge on any atom is 0.119 e. The average molecular weight is 351 g/mol. The molecule has 0 amide bonds. The van der Waals surface area contributed by atoms with Crippen molar-refractivity contribution in [3.8, 4) is 5.75 Å². The first-order valence-electron chi connectivity index (χ1n) is 9.74. The van der Waals surface area contributed by atoms with Crippen molar-refractivity contribution in [2.45, 2.75) is 52.4 Å². The number of hydrogen-bond donors (Lipinski definition) is 1. The van der Waals surface area contributed by atoms with Crippen LogP contribution in [0.4, 0.5) is 0 Å². The molecule has 1 aromatic carbocycles. The Bertz CT molecular complexity index is 819. The van der Waals surface area contributed by atoms with Crippen LogP contribution in [0.2, 0.25) is 0 Å². The first kappa shape index (κ1) is 17.4. The molecule has 4 rings (SSSR count). The van der Waals surface area contributed by atoms with Crippen LogP contribution in [-0.2, 0) is 6.42 Å². The summed E-state index contributed by atoms with van der Waals surface area (Å²) in [4.78, 5) is 0. The molecular formula is C23H29NO2. The first-order chi connectivity index (χ1) is 12.5. The molecule has 0 aliphatic heterocycles. The average Bonchev–Trinajstić information content (AvgIpc) is 2.65. The van der Waals surface area contributed by atoms with Crippen molar-refractivity contribution < 1.29 is 9.94 Å². The zero-order valence-electron chi connectivity index (χ0n) is 16.1. The molecule has 1 aromatic rings. The third-order valence-corrected chi connectivity index (χ3v) is 7.21. The van der Waals surface area contributed by atoms with E-state index in [-0.39, 0.29) is 5.41 Å². The summed E-state index contributed by atoms with van der Waals surface area (Å²) in [5.41, 5.74) is 8.14. The lowest BCUT2D eigenvalue weighted by atomic mass is 9.53. The number of rotatable bonds is 2. The second kappa shape index (κ2) is 6.29. The highest BCUT2D eigenvalue weighted by Gasteiger charge is 2.49. The SMILES string of the molecule is C=C(C)[C@H]1C/C(=N\O)[C@]2(C)CCC3=C(CCc4cc(OC)ccc43)[C@@H]2C1. The lowest BCUT2D eigenvalue weighted by molar-refractivity contribution is 0.200. The van der Waals surface area contributed by atoms with Crippen LogP contribution in [0.25, 0.3) is 5.57 Å². The molecule has 138 valence electrons. The summed E-state index contributed by atoms with van der Waals surface area (Å²) in [5, 5.41) is 13.5. The van der Waals surface area contributed by atoms with Crippen LogP contribution in [-0.4, -0.2) is 18.0 Å². The number of allylic oxidation sites excluding steroid dienone is 3. The molecule has 1 saturated carbocycles. The maximum absolute atomic E-state index is 9.73. The van der Waals surface area contributed by atoms with Gasteiger partial charge in [-0.25, -0.2) is 0 Å². The number of methoxy groups -OCH3 is 1. The Morgan fingerprint density at radius 2 is 2.12 bits per heavy atom. The molecule has 3 atom stereocenters. The van der Waals surface area contributed by atoms with Gasteiger partial charge in [0.05, 0.1) is 12.8 Å². The molecule has 26 heavy (non-hydrogen) atoms. The molecule has 1 fully saturated rings. The maximum atomic E-state index is 9.73. The van der Waals surface area contributed by atoms with Crippen LogP contribution in [0.3, 0.4) is 0 Å². The van der Waals surface area contributed by atoms with Gasteiger partial charge < -0.3 is 9.94 Å². The van der Waals surface area contributed by atoms with Crippen molar-refractivity contribution in [2.75, 3.05) is 7.11 Å². The highest BCUT2D eigenvalue weighted by molar-refractivity contribution is 5.93. The molecule has 0 unspecified atom stereocenters. The van der Waals surface area contributed by atoms with E-state index in [1.165, 1.54) is 22.3 Å². The summed E-state index contributed by atoms with van der Waals surface area (Å²) in [6.45, 7) is 8.63. The molecule has 0 spiro atoms. The fourth-order valence-corrected chi connectivity index (χ4v) is 5.53. The molecule has 3 nitrogen and oxygen atoms in total. The Hall–Kier alpha value is -2.03. The Balaban J connectivity index is 1.80. The van der Waals surface area contributed by atoms with E-state index in [4.69, 9.17) is 4.74 Å². The summed E-state index contributed by atoms with van der Waals surface area (Å²) < 4.78 is 5.42. The molecule has 0 aromatic heterocycles. The Morgan fingerprint density at radius 3 is 2.81 bits per heavy atom. The monoisotopic (exact) mass is 351 g/mol. The summed E-state index contributed by atoms with van der Waals surface area (Å²) in [5.74, 6) is 1.83. The highest BCUT2D eigenvalue weighted by atomic mass is 16.5. The summed E-state index contributed by atoms with van der Waals surface area (Å²) in [7, 11) is 1.73. The number of nitrogens with zero attached hydrogens (tertiary/aromatic N) is 1. The van der Waals surface area contributed by atoms with E-state index in [1.54, 1.807) is 12.7 Å². The fourth-order valence-electron chi connectivity index (χ4n) is 5.53. The normalized spacial score (nSPS) is 31.9. The lowest BCUT2D eigenvalue weighted by Crippen LogP contribution is -2.46. The topological polar surface area (TPSA) is 41.8 Å². The summed E-state index contributed by atoms with van der Waals surface area (Å²) in [6, 6.07) is 6.53. The number of benzene rings is 1. The molecule has 3 heteroatoms. The van der Waals surface area contributed by atoms with Gasteiger partial charge in [-0.3, -0.25) is 0 Å². The smallest absolute Gasteiger partial charge is 0.119 e. The Labute approximate surface area is 156 Å². The van der Waals surface area contributed by atoms with Crippen molar-refractivity contribution in [3.05, 3.63) is 47.1 Å². The van der Waals surface area contributed by atoms with Gasteiger partial charge in [0.25, 0.3) is 0 Å². The molecule has 0 heterocycles. The molecule has 3 aliphatic carbocycles. The predicted octanol–water partition coefficient (Wildman–Crippen LogP) is 5.63. The van der Waals surface area contributed by atoms with Gasteiger partial charge in [0.1, 0.15) is 5.75 Å². The zero-order valence-corrected chi connectivity index (χ0v) is 16.1. The molecule has 3 aliphatic rings. The summed E-state index contributed by atoms with van der Waals surface area (Å²) >= 11 is 0. The van der Waals surface area contributed by atoms with Crippen molar-refractivity contribution in [2.24, 2.45) is 22.4 Å². The van der Waals surface area contributed by atoms with Gasteiger partial charge in [-0.15, -0.1) is 0 Å². The zero-order chi connectivity index (χ0) is 18.5. The minimum atomic E-state index is -0.0104. The number of hydrogen-bond acceptors (Lipinski definition) is 3. The largest absolute Gasteiger partial charge is 0.497 e. The molecule has 0 saturated heterocycles. The standard InChI is InChI=1S/C23H29NO2/c1-14(2)16-12-21-20-7-5-15-11-17(26-4)6-8-18(15)19(20)9-10-23(21,3)22(13-16)24-25/h6,8,11,16,21,25H,1,5,7,9-10,12-13H2,2-4H3/b24-22+/t16-,21+,23-/m1/s1. The molecule has 0 radical (unpaired) electrons. The van der Waals surface area contributed by atoms with E-state index in [1.807, 2.05) is 0 Å². The van der Waals surface area contributed by atoms with Crippen LogP contribution >= 0.6 is 0 Å². The lowest BCUT2D eigenvalue weighted by Gasteiger charge is -2.50. The number of oxime groups is 1. The van der Waals surface area contributed by atoms with Gasteiger partial charge >= 0.3 is 0 Å². The van der Waals surface area contributed by atoms with Crippen LogP contribution in [0.1, 0.15) is 57.1 Å². The van der Waals surface area contributed by atoms with Crippen molar-refractivity contribution in [1.29, 1.82) is 0 Å². The molecule has 0 bridgehead atoms. The van der Waals surface area contributed by atoms with Gasteiger partial charge in [0.2, 0.25) is 0 Å². The minimum absolute atomic E-state index is 0.0104. The predicted molar refractivity (Wildman–Crippen MR) is 106 cm³/mol. The van der Waals surface area contributed by atoms with Gasteiger partial charge in [0, 0.05) is 5.41 Å². The van der Waals surface area contributed by atoms with E-state index >= 15 is 0 Å². The quantitative estimate of drug-likeness (QED) is 0.426. The van der Waals surface area contributed by atoms with Crippen molar-refractivity contribution >= 4 is 11.3 Å².